The molecule has 0 aromatic heterocycles. The molecule has 0 amide bonds. The second-order valence-electron chi connectivity index (χ2n) is 2.93. The van der Waals surface area contributed by atoms with Gasteiger partial charge in [0, 0.05) is 9.50 Å². The molecular weight excluding hydrogens is 281 g/mol. The van der Waals surface area contributed by atoms with Gasteiger partial charge in [-0.3, -0.25) is 0 Å². The Balaban J connectivity index is 2.90. The van der Waals surface area contributed by atoms with Crippen molar-refractivity contribution in [1.82, 2.24) is 0 Å². The standard InChI is InChI=1S/C10H11BrClNO2/c1-2-15-10(14)9(13)6-3-7(11)5-8(12)4-6/h3-5,9H,2,13H2,1H3. The highest BCUT2D eigenvalue weighted by atomic mass is 79.9. The number of benzene rings is 1. The second kappa shape index (κ2) is 5.49. The van der Waals surface area contributed by atoms with E-state index in [1.165, 1.54) is 0 Å². The van der Waals surface area contributed by atoms with E-state index in [-0.39, 0.29) is 0 Å². The molecule has 1 unspecified atom stereocenters. The molecule has 0 aliphatic carbocycles. The predicted molar refractivity (Wildman–Crippen MR) is 62.7 cm³/mol. The number of ether oxygens (including phenoxy) is 1. The molecule has 5 heteroatoms. The van der Waals surface area contributed by atoms with Gasteiger partial charge in [-0.05, 0) is 30.7 Å². The van der Waals surface area contributed by atoms with Crippen LogP contribution in [-0.2, 0) is 9.53 Å². The number of esters is 1. The van der Waals surface area contributed by atoms with Crippen molar-refractivity contribution in [2.45, 2.75) is 13.0 Å². The largest absolute Gasteiger partial charge is 0.465 e. The summed E-state index contributed by atoms with van der Waals surface area (Å²) in [5.41, 5.74) is 6.34. The Morgan fingerprint density at radius 3 is 2.80 bits per heavy atom. The van der Waals surface area contributed by atoms with Crippen molar-refractivity contribution in [2.75, 3.05) is 6.61 Å². The molecule has 1 atom stereocenters. The second-order valence-corrected chi connectivity index (χ2v) is 4.28. The van der Waals surface area contributed by atoms with Crippen molar-refractivity contribution >= 4 is 33.5 Å². The summed E-state index contributed by atoms with van der Waals surface area (Å²) in [6.07, 6.45) is 0. The van der Waals surface area contributed by atoms with E-state index >= 15 is 0 Å². The minimum atomic E-state index is -0.792. The normalized spacial score (nSPS) is 12.3. The number of hydrogen-bond acceptors (Lipinski definition) is 3. The average molecular weight is 293 g/mol. The first-order valence-corrected chi connectivity index (χ1v) is 5.60. The van der Waals surface area contributed by atoms with E-state index in [1.807, 2.05) is 0 Å². The maximum atomic E-state index is 11.4. The Morgan fingerprint density at radius 2 is 2.27 bits per heavy atom. The topological polar surface area (TPSA) is 52.3 Å². The molecule has 1 aromatic carbocycles. The molecule has 0 fully saturated rings. The van der Waals surface area contributed by atoms with Crippen molar-refractivity contribution in [3.05, 3.63) is 33.3 Å². The van der Waals surface area contributed by atoms with Gasteiger partial charge in [-0.1, -0.05) is 27.5 Å². The lowest BCUT2D eigenvalue weighted by Gasteiger charge is -2.11. The van der Waals surface area contributed by atoms with Crippen LogP contribution in [0.25, 0.3) is 0 Å². The zero-order valence-electron chi connectivity index (χ0n) is 8.17. The number of carbonyl (C=O) groups excluding carboxylic acids is 1. The third-order valence-electron chi connectivity index (χ3n) is 1.78. The Kier molecular flexibility index (Phi) is 4.57. The van der Waals surface area contributed by atoms with Gasteiger partial charge in [0.15, 0.2) is 0 Å². The van der Waals surface area contributed by atoms with Gasteiger partial charge >= 0.3 is 5.97 Å². The Hall–Kier alpha value is -0.580. The molecule has 15 heavy (non-hydrogen) atoms. The highest BCUT2D eigenvalue weighted by molar-refractivity contribution is 9.10. The van der Waals surface area contributed by atoms with Crippen molar-refractivity contribution in [3.63, 3.8) is 0 Å². The molecule has 0 saturated heterocycles. The summed E-state index contributed by atoms with van der Waals surface area (Å²) >= 11 is 9.12. The van der Waals surface area contributed by atoms with Crippen LogP contribution in [0.2, 0.25) is 5.02 Å². The third kappa shape index (κ3) is 3.48. The van der Waals surface area contributed by atoms with Crippen molar-refractivity contribution < 1.29 is 9.53 Å². The van der Waals surface area contributed by atoms with Gasteiger partial charge in [0.1, 0.15) is 6.04 Å². The molecular formula is C10H11BrClNO2. The van der Waals surface area contributed by atoms with Crippen LogP contribution in [-0.4, -0.2) is 12.6 Å². The van der Waals surface area contributed by atoms with Crippen LogP contribution in [0.3, 0.4) is 0 Å². The van der Waals surface area contributed by atoms with Gasteiger partial charge in [0.05, 0.1) is 6.61 Å². The minimum absolute atomic E-state index is 0.314. The van der Waals surface area contributed by atoms with Crippen LogP contribution in [0, 0.1) is 0 Å². The van der Waals surface area contributed by atoms with Crippen LogP contribution in [0.1, 0.15) is 18.5 Å². The van der Waals surface area contributed by atoms with E-state index < -0.39 is 12.0 Å². The molecule has 3 nitrogen and oxygen atoms in total. The lowest BCUT2D eigenvalue weighted by atomic mass is 10.1. The molecule has 0 spiro atoms. The lowest BCUT2D eigenvalue weighted by molar-refractivity contribution is -0.144. The van der Waals surface area contributed by atoms with Crippen LogP contribution in [0.5, 0.6) is 0 Å². The first-order valence-electron chi connectivity index (χ1n) is 4.42. The molecule has 1 rings (SSSR count). The SMILES string of the molecule is CCOC(=O)C(N)c1cc(Cl)cc(Br)c1. The van der Waals surface area contributed by atoms with Crippen LogP contribution in [0.4, 0.5) is 0 Å². The fraction of sp³-hybridized carbons (Fsp3) is 0.300. The molecule has 1 aromatic rings. The number of carbonyl (C=O) groups is 1. The first-order chi connectivity index (χ1) is 7.04. The summed E-state index contributed by atoms with van der Waals surface area (Å²) in [5, 5.41) is 0.527. The van der Waals surface area contributed by atoms with E-state index in [1.54, 1.807) is 25.1 Å². The maximum absolute atomic E-state index is 11.4. The summed E-state index contributed by atoms with van der Waals surface area (Å²) in [5.74, 6) is -0.452. The van der Waals surface area contributed by atoms with Gasteiger partial charge in [-0.2, -0.15) is 0 Å². The van der Waals surface area contributed by atoms with Gasteiger partial charge in [-0.15, -0.1) is 0 Å². The summed E-state index contributed by atoms with van der Waals surface area (Å²) in [7, 11) is 0. The lowest BCUT2D eigenvalue weighted by Crippen LogP contribution is -2.23. The quantitative estimate of drug-likeness (QED) is 0.871. The summed E-state index contributed by atoms with van der Waals surface area (Å²) in [4.78, 5) is 11.4. The van der Waals surface area contributed by atoms with E-state index in [2.05, 4.69) is 15.9 Å². The van der Waals surface area contributed by atoms with Crippen molar-refractivity contribution in [3.8, 4) is 0 Å². The minimum Gasteiger partial charge on any atom is -0.465 e. The third-order valence-corrected chi connectivity index (χ3v) is 2.46. The Morgan fingerprint density at radius 1 is 1.60 bits per heavy atom. The smallest absolute Gasteiger partial charge is 0.327 e. The summed E-state index contributed by atoms with van der Waals surface area (Å²) in [6, 6.07) is 4.32. The van der Waals surface area contributed by atoms with Gasteiger partial charge < -0.3 is 10.5 Å². The van der Waals surface area contributed by atoms with E-state index in [9.17, 15) is 4.79 Å². The zero-order valence-corrected chi connectivity index (χ0v) is 10.5. The van der Waals surface area contributed by atoms with E-state index in [0.717, 1.165) is 4.47 Å². The van der Waals surface area contributed by atoms with Gasteiger partial charge in [0.25, 0.3) is 0 Å². The summed E-state index contributed by atoms with van der Waals surface area (Å²) < 4.78 is 5.60. The fourth-order valence-electron chi connectivity index (χ4n) is 1.12. The van der Waals surface area contributed by atoms with Crippen LogP contribution < -0.4 is 5.73 Å². The van der Waals surface area contributed by atoms with Gasteiger partial charge in [0.2, 0.25) is 0 Å². The average Bonchev–Trinajstić information content (AvgIpc) is 2.15. The van der Waals surface area contributed by atoms with Gasteiger partial charge in [-0.25, -0.2) is 4.79 Å². The number of rotatable bonds is 3. The van der Waals surface area contributed by atoms with Crippen molar-refractivity contribution in [2.24, 2.45) is 5.73 Å². The molecule has 0 aliphatic heterocycles. The monoisotopic (exact) mass is 291 g/mol. The first kappa shape index (κ1) is 12.5. The predicted octanol–water partition coefficient (Wildman–Crippen LogP) is 2.67. The molecule has 82 valence electrons. The molecule has 0 bridgehead atoms. The number of nitrogens with two attached hydrogens (primary N) is 1. The van der Waals surface area contributed by atoms with Crippen LogP contribution >= 0.6 is 27.5 Å². The highest BCUT2D eigenvalue weighted by Gasteiger charge is 2.17. The van der Waals surface area contributed by atoms with E-state index in [0.29, 0.717) is 17.2 Å². The molecule has 0 radical (unpaired) electrons. The molecule has 0 aliphatic rings. The Bertz CT molecular complexity index is 350. The highest BCUT2D eigenvalue weighted by Crippen LogP contribution is 2.23. The number of halogens is 2. The van der Waals surface area contributed by atoms with Crippen molar-refractivity contribution in [1.29, 1.82) is 0 Å². The molecule has 2 N–H and O–H groups in total. The number of hydrogen-bond donors (Lipinski definition) is 1. The van der Waals surface area contributed by atoms with Crippen LogP contribution in [0.15, 0.2) is 22.7 Å². The van der Waals surface area contributed by atoms with E-state index in [4.69, 9.17) is 22.1 Å². The molecule has 0 heterocycles. The Labute approximate surface area is 102 Å². The summed E-state index contributed by atoms with van der Waals surface area (Å²) in [6.45, 7) is 2.05. The maximum Gasteiger partial charge on any atom is 0.327 e. The fourth-order valence-corrected chi connectivity index (χ4v) is 2.01. The zero-order chi connectivity index (χ0) is 11.4. The molecule has 0 saturated carbocycles.